The summed E-state index contributed by atoms with van der Waals surface area (Å²) in [5.41, 5.74) is 1.59. The predicted molar refractivity (Wildman–Crippen MR) is 120 cm³/mol. The van der Waals surface area contributed by atoms with Crippen molar-refractivity contribution in [2.24, 2.45) is 4.99 Å². The van der Waals surface area contributed by atoms with Crippen LogP contribution >= 0.6 is 24.0 Å². The minimum absolute atomic E-state index is 0. The molecule has 0 saturated carbocycles. The summed E-state index contributed by atoms with van der Waals surface area (Å²) in [5, 5.41) is 16.4. The van der Waals surface area contributed by atoms with Gasteiger partial charge in [-0.1, -0.05) is 12.1 Å². The Morgan fingerprint density at radius 3 is 2.50 bits per heavy atom. The highest BCUT2D eigenvalue weighted by molar-refractivity contribution is 14.0. The number of benzene rings is 2. The SMILES string of the molecule is CN=C(NCCc1ccc(OC)cc1O)NC(C)c1ccc(OC)c(F)c1.I. The quantitative estimate of drug-likeness (QED) is 0.306. The summed E-state index contributed by atoms with van der Waals surface area (Å²) < 4.78 is 23.9. The summed E-state index contributed by atoms with van der Waals surface area (Å²) in [6, 6.07) is 9.93. The van der Waals surface area contributed by atoms with Crippen molar-refractivity contribution < 1.29 is 19.0 Å². The number of rotatable bonds is 7. The normalized spacial score (nSPS) is 12.0. The Morgan fingerprint density at radius 2 is 1.93 bits per heavy atom. The lowest BCUT2D eigenvalue weighted by Crippen LogP contribution is -2.39. The zero-order chi connectivity index (χ0) is 19.8. The highest BCUT2D eigenvalue weighted by Gasteiger charge is 2.11. The second-order valence-electron chi connectivity index (χ2n) is 6.00. The van der Waals surface area contributed by atoms with E-state index in [0.29, 0.717) is 24.7 Å². The number of aromatic hydroxyl groups is 1. The number of hydrogen-bond acceptors (Lipinski definition) is 4. The maximum absolute atomic E-state index is 13.9. The van der Waals surface area contributed by atoms with Crippen LogP contribution in [0.4, 0.5) is 4.39 Å². The number of ether oxygens (including phenoxy) is 2. The van der Waals surface area contributed by atoms with Gasteiger partial charge in [-0.25, -0.2) is 4.39 Å². The van der Waals surface area contributed by atoms with Gasteiger partial charge >= 0.3 is 0 Å². The molecule has 0 aliphatic carbocycles. The fourth-order valence-electron chi connectivity index (χ4n) is 2.63. The van der Waals surface area contributed by atoms with Gasteiger partial charge in [-0.05, 0) is 42.7 Å². The number of hydrogen-bond donors (Lipinski definition) is 3. The number of nitrogens with zero attached hydrogens (tertiary/aromatic N) is 1. The van der Waals surface area contributed by atoms with E-state index >= 15 is 0 Å². The Bertz CT molecular complexity index is 802. The fourth-order valence-corrected chi connectivity index (χ4v) is 2.63. The Hall–Kier alpha value is -2.23. The molecule has 28 heavy (non-hydrogen) atoms. The summed E-state index contributed by atoms with van der Waals surface area (Å²) in [5.74, 6) is 1.21. The molecule has 6 nitrogen and oxygen atoms in total. The molecule has 0 fully saturated rings. The highest BCUT2D eigenvalue weighted by Crippen LogP contribution is 2.24. The van der Waals surface area contributed by atoms with Gasteiger partial charge in [0.1, 0.15) is 11.5 Å². The fraction of sp³-hybridized carbons (Fsp3) is 0.350. The van der Waals surface area contributed by atoms with E-state index in [2.05, 4.69) is 15.6 Å². The van der Waals surface area contributed by atoms with Crippen molar-refractivity contribution in [2.45, 2.75) is 19.4 Å². The Kier molecular flexibility index (Phi) is 9.84. The van der Waals surface area contributed by atoms with Crippen LogP contribution in [0.2, 0.25) is 0 Å². The van der Waals surface area contributed by atoms with Gasteiger partial charge in [0.05, 0.1) is 20.3 Å². The number of phenolic OH excluding ortho intramolecular Hbond substituents is 1. The molecule has 0 bridgehead atoms. The number of nitrogens with one attached hydrogen (secondary N) is 2. The minimum atomic E-state index is -0.401. The minimum Gasteiger partial charge on any atom is -0.508 e. The van der Waals surface area contributed by atoms with E-state index in [0.717, 1.165) is 11.1 Å². The lowest BCUT2D eigenvalue weighted by atomic mass is 10.1. The third-order valence-corrected chi connectivity index (χ3v) is 4.23. The number of halogens is 2. The maximum atomic E-state index is 13.9. The number of phenols is 1. The Morgan fingerprint density at radius 1 is 1.18 bits per heavy atom. The van der Waals surface area contributed by atoms with Crippen molar-refractivity contribution >= 4 is 29.9 Å². The molecule has 0 amide bonds. The van der Waals surface area contributed by atoms with Crippen LogP contribution in [0, 0.1) is 5.82 Å². The third kappa shape index (κ3) is 6.43. The maximum Gasteiger partial charge on any atom is 0.191 e. The van der Waals surface area contributed by atoms with Crippen LogP contribution in [0.5, 0.6) is 17.2 Å². The zero-order valence-corrected chi connectivity index (χ0v) is 18.8. The van der Waals surface area contributed by atoms with Gasteiger partial charge in [-0.15, -0.1) is 24.0 Å². The van der Waals surface area contributed by atoms with Crippen LogP contribution < -0.4 is 20.1 Å². The molecule has 3 N–H and O–H groups in total. The Balaban J connectivity index is 0.00000392. The lowest BCUT2D eigenvalue weighted by molar-refractivity contribution is 0.386. The number of methoxy groups -OCH3 is 2. The molecule has 0 aromatic heterocycles. The smallest absolute Gasteiger partial charge is 0.191 e. The summed E-state index contributed by atoms with van der Waals surface area (Å²) >= 11 is 0. The number of aliphatic imine (C=N–C) groups is 1. The molecule has 2 rings (SSSR count). The van der Waals surface area contributed by atoms with Crippen molar-refractivity contribution in [3.05, 3.63) is 53.3 Å². The van der Waals surface area contributed by atoms with Gasteiger partial charge in [-0.2, -0.15) is 0 Å². The van der Waals surface area contributed by atoms with Crippen molar-refractivity contribution in [3.63, 3.8) is 0 Å². The van der Waals surface area contributed by atoms with E-state index in [9.17, 15) is 9.50 Å². The van der Waals surface area contributed by atoms with E-state index in [1.54, 1.807) is 26.3 Å². The summed E-state index contributed by atoms with van der Waals surface area (Å²) in [7, 11) is 4.66. The van der Waals surface area contributed by atoms with E-state index < -0.39 is 5.82 Å². The molecule has 0 spiro atoms. The monoisotopic (exact) mass is 503 g/mol. The molecule has 0 heterocycles. The molecule has 2 aromatic rings. The first kappa shape index (κ1) is 23.8. The highest BCUT2D eigenvalue weighted by atomic mass is 127. The van der Waals surface area contributed by atoms with Gasteiger partial charge in [0, 0.05) is 19.7 Å². The van der Waals surface area contributed by atoms with Gasteiger partial charge in [0.25, 0.3) is 0 Å². The first-order chi connectivity index (χ1) is 13.0. The van der Waals surface area contributed by atoms with Gasteiger partial charge in [0.2, 0.25) is 0 Å². The molecular formula is C20H27FIN3O3. The second kappa shape index (κ2) is 11.6. The molecule has 0 radical (unpaired) electrons. The average Bonchev–Trinajstić information content (AvgIpc) is 2.67. The van der Waals surface area contributed by atoms with Crippen LogP contribution in [-0.4, -0.2) is 38.9 Å². The van der Waals surface area contributed by atoms with Crippen molar-refractivity contribution in [2.75, 3.05) is 27.8 Å². The van der Waals surface area contributed by atoms with Gasteiger partial charge < -0.3 is 25.2 Å². The van der Waals surface area contributed by atoms with E-state index in [-0.39, 0.29) is 41.5 Å². The summed E-state index contributed by atoms with van der Waals surface area (Å²) in [6.45, 7) is 2.49. The standard InChI is InChI=1S/C20H26FN3O3.HI/c1-13(15-6-8-19(27-4)17(21)11-15)24-20(22-2)23-10-9-14-5-7-16(26-3)12-18(14)25;/h5-8,11-13,25H,9-10H2,1-4H3,(H2,22,23,24);1H. The van der Waals surface area contributed by atoms with Crippen molar-refractivity contribution in [1.82, 2.24) is 10.6 Å². The molecular weight excluding hydrogens is 476 g/mol. The molecule has 0 aliphatic rings. The van der Waals surface area contributed by atoms with Crippen molar-refractivity contribution in [3.8, 4) is 17.2 Å². The molecule has 2 aromatic carbocycles. The first-order valence-electron chi connectivity index (χ1n) is 8.65. The third-order valence-electron chi connectivity index (χ3n) is 4.23. The number of guanidine groups is 1. The van der Waals surface area contributed by atoms with Crippen LogP contribution in [0.25, 0.3) is 0 Å². The van der Waals surface area contributed by atoms with E-state index in [4.69, 9.17) is 9.47 Å². The predicted octanol–water partition coefficient (Wildman–Crippen LogP) is 3.64. The topological polar surface area (TPSA) is 75.1 Å². The largest absolute Gasteiger partial charge is 0.508 e. The van der Waals surface area contributed by atoms with Gasteiger partial charge in [-0.3, -0.25) is 4.99 Å². The first-order valence-corrected chi connectivity index (χ1v) is 8.65. The Labute approximate surface area is 182 Å². The van der Waals surface area contributed by atoms with Crippen molar-refractivity contribution in [1.29, 1.82) is 0 Å². The van der Waals surface area contributed by atoms with E-state index in [1.165, 1.54) is 13.2 Å². The second-order valence-corrected chi connectivity index (χ2v) is 6.00. The molecule has 0 saturated heterocycles. The van der Waals surface area contributed by atoms with Crippen LogP contribution in [-0.2, 0) is 6.42 Å². The van der Waals surface area contributed by atoms with Crippen LogP contribution in [0.15, 0.2) is 41.4 Å². The van der Waals surface area contributed by atoms with Gasteiger partial charge in [0.15, 0.2) is 17.5 Å². The average molecular weight is 503 g/mol. The summed E-state index contributed by atoms with van der Waals surface area (Å²) in [6.07, 6.45) is 0.613. The van der Waals surface area contributed by atoms with E-state index in [1.807, 2.05) is 25.1 Å². The molecule has 1 unspecified atom stereocenters. The molecule has 8 heteroatoms. The van der Waals surface area contributed by atoms with Crippen LogP contribution in [0.3, 0.4) is 0 Å². The molecule has 0 aliphatic heterocycles. The zero-order valence-electron chi connectivity index (χ0n) is 16.5. The van der Waals surface area contributed by atoms with Crippen LogP contribution in [0.1, 0.15) is 24.1 Å². The lowest BCUT2D eigenvalue weighted by Gasteiger charge is -2.19. The molecule has 154 valence electrons. The molecule has 1 atom stereocenters. The summed E-state index contributed by atoms with van der Waals surface area (Å²) in [4.78, 5) is 4.18.